The minimum atomic E-state index is -4.45. The molecule has 4 rings (SSSR count). The SMILES string of the molecule is O=C(CC1=CCC=CC(C2=C3CN(Cc4cccc(C(F)(F)F)c4)C(=O)C3=CC=CC2)=C1)NCCO. The largest absolute Gasteiger partial charge is 0.416 e. The lowest BCUT2D eigenvalue weighted by atomic mass is 9.93. The molecule has 0 spiro atoms. The van der Waals surface area contributed by atoms with E-state index < -0.39 is 11.7 Å². The van der Waals surface area contributed by atoms with E-state index in [1.807, 2.05) is 36.5 Å². The number of aliphatic hydroxyl groups is 1. The number of nitrogens with zero attached hydrogens (tertiary/aromatic N) is 1. The Bertz CT molecular complexity index is 1230. The maximum atomic E-state index is 13.2. The lowest BCUT2D eigenvalue weighted by Gasteiger charge is -2.17. The predicted molar refractivity (Wildman–Crippen MR) is 130 cm³/mol. The van der Waals surface area contributed by atoms with Crippen LogP contribution in [-0.4, -0.2) is 41.5 Å². The zero-order valence-electron chi connectivity index (χ0n) is 19.6. The van der Waals surface area contributed by atoms with Gasteiger partial charge in [0.25, 0.3) is 5.91 Å². The molecule has 0 aromatic heterocycles. The first kappa shape index (κ1) is 25.4. The molecule has 0 radical (unpaired) electrons. The smallest absolute Gasteiger partial charge is 0.395 e. The molecule has 1 heterocycles. The van der Waals surface area contributed by atoms with E-state index in [0.29, 0.717) is 30.5 Å². The molecule has 0 bridgehead atoms. The first-order chi connectivity index (χ1) is 17.3. The van der Waals surface area contributed by atoms with Crippen LogP contribution in [0.5, 0.6) is 0 Å². The Morgan fingerprint density at radius 2 is 2.00 bits per heavy atom. The Kier molecular flexibility index (Phi) is 7.74. The molecule has 0 unspecified atom stereocenters. The quantitative estimate of drug-likeness (QED) is 0.582. The van der Waals surface area contributed by atoms with Gasteiger partial charge in [-0.3, -0.25) is 9.59 Å². The van der Waals surface area contributed by atoms with E-state index in [1.165, 1.54) is 6.07 Å². The van der Waals surface area contributed by atoms with Crippen LogP contribution in [0.15, 0.2) is 94.7 Å². The second-order valence-electron chi connectivity index (χ2n) is 8.80. The molecule has 5 nitrogen and oxygen atoms in total. The number of hydrogen-bond donors (Lipinski definition) is 2. The van der Waals surface area contributed by atoms with Crippen molar-refractivity contribution < 1.29 is 27.9 Å². The number of allylic oxidation sites excluding steroid dienone is 9. The van der Waals surface area contributed by atoms with Gasteiger partial charge in [-0.25, -0.2) is 0 Å². The fraction of sp³-hybridized carbons (Fsp3) is 0.286. The molecular weight excluding hydrogens is 469 g/mol. The monoisotopic (exact) mass is 496 g/mol. The van der Waals surface area contributed by atoms with Gasteiger partial charge in [0.05, 0.1) is 18.6 Å². The predicted octanol–water partition coefficient (Wildman–Crippen LogP) is 4.54. The lowest BCUT2D eigenvalue weighted by Crippen LogP contribution is -2.26. The van der Waals surface area contributed by atoms with Gasteiger partial charge in [0.1, 0.15) is 0 Å². The number of likely N-dealkylation sites (tertiary alicyclic amines) is 1. The molecular formula is C28H27F3N2O3. The number of rotatable bonds is 7. The number of halogens is 3. The first-order valence-corrected chi connectivity index (χ1v) is 11.8. The standard InChI is InChI=1S/C28H27F3N2O3/c29-28(30,31)22-9-5-7-20(15-22)17-33-18-25-23(10-3-4-11-24(25)27(33)36)21-8-2-1-6-19(14-21)16-26(35)32-12-13-34/h2-9,11,14-15,34H,1,10,12-13,16-18H2,(H,32,35). The van der Waals surface area contributed by atoms with Gasteiger partial charge >= 0.3 is 6.18 Å². The molecule has 1 aromatic rings. The van der Waals surface area contributed by atoms with E-state index in [2.05, 4.69) is 5.32 Å². The van der Waals surface area contributed by atoms with Gasteiger partial charge in [-0.15, -0.1) is 0 Å². The Hall–Kier alpha value is -3.65. The highest BCUT2D eigenvalue weighted by molar-refractivity contribution is 6.02. The fourth-order valence-corrected chi connectivity index (χ4v) is 4.51. The second kappa shape index (κ2) is 11.0. The molecule has 1 saturated heterocycles. The summed E-state index contributed by atoms with van der Waals surface area (Å²) in [5, 5.41) is 11.6. The minimum absolute atomic E-state index is 0.0751. The van der Waals surface area contributed by atoms with Gasteiger partial charge in [0.2, 0.25) is 5.91 Å². The van der Waals surface area contributed by atoms with Crippen molar-refractivity contribution in [1.29, 1.82) is 0 Å². The zero-order chi connectivity index (χ0) is 25.7. The van der Waals surface area contributed by atoms with Crippen molar-refractivity contribution in [2.24, 2.45) is 0 Å². The van der Waals surface area contributed by atoms with E-state index >= 15 is 0 Å². The van der Waals surface area contributed by atoms with E-state index in [9.17, 15) is 22.8 Å². The van der Waals surface area contributed by atoms with Crippen LogP contribution in [0.2, 0.25) is 0 Å². The topological polar surface area (TPSA) is 69.6 Å². The van der Waals surface area contributed by atoms with E-state index in [4.69, 9.17) is 5.11 Å². The molecule has 2 amide bonds. The van der Waals surface area contributed by atoms with Crippen molar-refractivity contribution in [2.75, 3.05) is 19.7 Å². The third-order valence-corrected chi connectivity index (χ3v) is 6.21. The molecule has 1 aromatic carbocycles. The van der Waals surface area contributed by atoms with Crippen LogP contribution >= 0.6 is 0 Å². The third kappa shape index (κ3) is 5.94. The summed E-state index contributed by atoms with van der Waals surface area (Å²) in [5.74, 6) is -0.404. The fourth-order valence-electron chi connectivity index (χ4n) is 4.51. The summed E-state index contributed by atoms with van der Waals surface area (Å²) >= 11 is 0. The summed E-state index contributed by atoms with van der Waals surface area (Å²) in [7, 11) is 0. The second-order valence-corrected chi connectivity index (χ2v) is 8.80. The molecule has 1 aliphatic heterocycles. The molecule has 3 aliphatic rings. The van der Waals surface area contributed by atoms with Crippen LogP contribution in [0.4, 0.5) is 13.2 Å². The molecule has 2 N–H and O–H groups in total. The highest BCUT2D eigenvalue weighted by atomic mass is 19.4. The summed E-state index contributed by atoms with van der Waals surface area (Å²) in [5.41, 5.74) is 3.75. The summed E-state index contributed by atoms with van der Waals surface area (Å²) in [6.07, 6.45) is 10.4. The summed E-state index contributed by atoms with van der Waals surface area (Å²) in [6, 6.07) is 5.05. The summed E-state index contributed by atoms with van der Waals surface area (Å²) < 4.78 is 39.4. The average molecular weight is 497 g/mol. The number of carbonyl (C=O) groups excluding carboxylic acids is 2. The van der Waals surface area contributed by atoms with Crippen LogP contribution in [0.25, 0.3) is 0 Å². The van der Waals surface area contributed by atoms with Crippen LogP contribution in [0, 0.1) is 0 Å². The van der Waals surface area contributed by atoms with Crippen molar-refractivity contribution >= 4 is 11.8 Å². The number of alkyl halides is 3. The normalized spacial score (nSPS) is 17.8. The Balaban J connectivity index is 1.61. The van der Waals surface area contributed by atoms with Gasteiger partial charge in [0.15, 0.2) is 0 Å². The number of nitrogens with one attached hydrogen (secondary N) is 1. The van der Waals surface area contributed by atoms with Crippen molar-refractivity contribution in [2.45, 2.75) is 32.0 Å². The van der Waals surface area contributed by atoms with Crippen LogP contribution in [-0.2, 0) is 22.3 Å². The Labute approximate surface area is 207 Å². The average Bonchev–Trinajstić information content (AvgIpc) is 3.02. The number of fused-ring (bicyclic) bond motifs is 1. The lowest BCUT2D eigenvalue weighted by molar-refractivity contribution is -0.137. The summed E-state index contributed by atoms with van der Waals surface area (Å²) in [4.78, 5) is 27.0. The Morgan fingerprint density at radius 1 is 1.17 bits per heavy atom. The molecule has 8 heteroatoms. The van der Waals surface area contributed by atoms with Gasteiger partial charge in [-0.2, -0.15) is 13.2 Å². The van der Waals surface area contributed by atoms with Crippen molar-refractivity contribution in [3.63, 3.8) is 0 Å². The van der Waals surface area contributed by atoms with Crippen LogP contribution in [0.3, 0.4) is 0 Å². The van der Waals surface area contributed by atoms with E-state index in [0.717, 1.165) is 34.4 Å². The minimum Gasteiger partial charge on any atom is -0.395 e. The Morgan fingerprint density at radius 3 is 2.78 bits per heavy atom. The van der Waals surface area contributed by atoms with Gasteiger partial charge < -0.3 is 15.3 Å². The molecule has 0 atom stereocenters. The number of aliphatic hydroxyl groups excluding tert-OH is 1. The van der Waals surface area contributed by atoms with Crippen LogP contribution < -0.4 is 5.32 Å². The molecule has 36 heavy (non-hydrogen) atoms. The van der Waals surface area contributed by atoms with Gasteiger partial charge in [0, 0.05) is 25.2 Å². The first-order valence-electron chi connectivity index (χ1n) is 11.8. The maximum absolute atomic E-state index is 13.2. The highest BCUT2D eigenvalue weighted by Gasteiger charge is 2.34. The molecule has 2 aliphatic carbocycles. The number of carbonyl (C=O) groups is 2. The number of amides is 2. The maximum Gasteiger partial charge on any atom is 0.416 e. The molecule has 0 saturated carbocycles. The van der Waals surface area contributed by atoms with Gasteiger partial charge in [-0.05, 0) is 58.9 Å². The number of benzene rings is 1. The molecule has 188 valence electrons. The molecule has 1 fully saturated rings. The van der Waals surface area contributed by atoms with Crippen LogP contribution in [0.1, 0.15) is 30.4 Å². The highest BCUT2D eigenvalue weighted by Crippen LogP contribution is 2.36. The van der Waals surface area contributed by atoms with E-state index in [-0.39, 0.29) is 37.9 Å². The number of hydrogen-bond acceptors (Lipinski definition) is 3. The third-order valence-electron chi connectivity index (χ3n) is 6.21. The van der Waals surface area contributed by atoms with Crippen molar-refractivity contribution in [3.05, 3.63) is 106 Å². The summed E-state index contributed by atoms with van der Waals surface area (Å²) in [6.45, 7) is 0.431. The van der Waals surface area contributed by atoms with Gasteiger partial charge in [-0.1, -0.05) is 48.6 Å². The van der Waals surface area contributed by atoms with E-state index in [1.54, 1.807) is 17.0 Å². The zero-order valence-corrected chi connectivity index (χ0v) is 19.6. The van der Waals surface area contributed by atoms with Crippen molar-refractivity contribution in [3.8, 4) is 0 Å². The van der Waals surface area contributed by atoms with Crippen molar-refractivity contribution in [1.82, 2.24) is 10.2 Å².